The minimum atomic E-state index is -0.480. The summed E-state index contributed by atoms with van der Waals surface area (Å²) in [6.45, 7) is 0.622. The van der Waals surface area contributed by atoms with Crippen LogP contribution in [0.3, 0.4) is 0 Å². The SMILES string of the molecule is NNc1c(COCc2ccccc2Br)cccc1[N+](=O)[O-]. The van der Waals surface area contributed by atoms with Crippen LogP contribution in [0.2, 0.25) is 0 Å². The number of nitrogens with one attached hydrogen (secondary N) is 1. The molecule has 0 heterocycles. The van der Waals surface area contributed by atoms with Gasteiger partial charge in [-0.15, -0.1) is 0 Å². The van der Waals surface area contributed by atoms with Crippen LogP contribution in [0.1, 0.15) is 11.1 Å². The summed E-state index contributed by atoms with van der Waals surface area (Å²) >= 11 is 3.44. The predicted molar refractivity (Wildman–Crippen MR) is 83.5 cm³/mol. The van der Waals surface area contributed by atoms with E-state index in [9.17, 15) is 10.1 Å². The third-order valence-electron chi connectivity index (χ3n) is 2.94. The third-order valence-corrected chi connectivity index (χ3v) is 3.72. The molecule has 2 aromatic carbocycles. The molecule has 0 aliphatic rings. The zero-order chi connectivity index (χ0) is 15.2. The molecule has 0 aliphatic heterocycles. The van der Waals surface area contributed by atoms with Gasteiger partial charge in [-0.05, 0) is 11.6 Å². The zero-order valence-electron chi connectivity index (χ0n) is 11.1. The Morgan fingerprint density at radius 2 is 1.81 bits per heavy atom. The van der Waals surface area contributed by atoms with Gasteiger partial charge in [0, 0.05) is 16.1 Å². The van der Waals surface area contributed by atoms with Crippen molar-refractivity contribution in [1.82, 2.24) is 0 Å². The summed E-state index contributed by atoms with van der Waals surface area (Å²) < 4.78 is 6.58. The zero-order valence-corrected chi connectivity index (χ0v) is 12.7. The van der Waals surface area contributed by atoms with Crippen molar-refractivity contribution in [3.05, 3.63) is 68.2 Å². The largest absolute Gasteiger partial charge is 0.372 e. The normalized spacial score (nSPS) is 10.4. The van der Waals surface area contributed by atoms with Crippen LogP contribution < -0.4 is 11.3 Å². The van der Waals surface area contributed by atoms with Crippen LogP contribution >= 0.6 is 15.9 Å². The Morgan fingerprint density at radius 3 is 2.48 bits per heavy atom. The highest BCUT2D eigenvalue weighted by Gasteiger charge is 2.16. The minimum absolute atomic E-state index is 0.0699. The Morgan fingerprint density at radius 1 is 1.14 bits per heavy atom. The first-order valence-corrected chi connectivity index (χ1v) is 6.97. The first kappa shape index (κ1) is 15.4. The van der Waals surface area contributed by atoms with E-state index in [1.165, 1.54) is 6.07 Å². The van der Waals surface area contributed by atoms with Crippen LogP contribution in [0.5, 0.6) is 0 Å². The number of ether oxygens (including phenoxy) is 1. The highest BCUT2D eigenvalue weighted by atomic mass is 79.9. The molecule has 6 nitrogen and oxygen atoms in total. The van der Waals surface area contributed by atoms with Crippen LogP contribution in [0.15, 0.2) is 46.9 Å². The third kappa shape index (κ3) is 3.78. The van der Waals surface area contributed by atoms with E-state index >= 15 is 0 Å². The lowest BCUT2D eigenvalue weighted by atomic mass is 10.1. The van der Waals surface area contributed by atoms with E-state index in [2.05, 4.69) is 21.4 Å². The number of nitro groups is 1. The van der Waals surface area contributed by atoms with E-state index in [0.717, 1.165) is 10.0 Å². The highest BCUT2D eigenvalue weighted by molar-refractivity contribution is 9.10. The van der Waals surface area contributed by atoms with Gasteiger partial charge in [0.25, 0.3) is 5.69 Å². The van der Waals surface area contributed by atoms with E-state index in [-0.39, 0.29) is 18.0 Å². The molecule has 0 saturated heterocycles. The first-order valence-electron chi connectivity index (χ1n) is 6.17. The van der Waals surface area contributed by atoms with E-state index in [0.29, 0.717) is 12.2 Å². The molecule has 0 aromatic heterocycles. The maximum absolute atomic E-state index is 10.9. The van der Waals surface area contributed by atoms with Crippen molar-refractivity contribution in [2.24, 2.45) is 5.84 Å². The molecular weight excluding hydrogens is 338 g/mol. The number of para-hydroxylation sites is 1. The number of benzene rings is 2. The van der Waals surface area contributed by atoms with Crippen molar-refractivity contribution in [3.63, 3.8) is 0 Å². The lowest BCUT2D eigenvalue weighted by Crippen LogP contribution is -2.12. The quantitative estimate of drug-likeness (QED) is 0.473. The molecule has 0 fully saturated rings. The molecule has 21 heavy (non-hydrogen) atoms. The summed E-state index contributed by atoms with van der Waals surface area (Å²) in [6.07, 6.45) is 0. The molecular formula is C14H14BrN3O3. The molecule has 0 bridgehead atoms. The number of hydrazine groups is 1. The van der Waals surface area contributed by atoms with Crippen LogP contribution in [-0.4, -0.2) is 4.92 Å². The minimum Gasteiger partial charge on any atom is -0.372 e. The Kier molecular flexibility index (Phi) is 5.26. The average Bonchev–Trinajstić information content (AvgIpc) is 2.48. The maximum atomic E-state index is 10.9. The van der Waals surface area contributed by atoms with Gasteiger partial charge in [0.05, 0.1) is 18.1 Å². The number of nitro benzene ring substituents is 1. The van der Waals surface area contributed by atoms with Crippen LogP contribution in [0, 0.1) is 10.1 Å². The first-order chi connectivity index (χ1) is 10.1. The topological polar surface area (TPSA) is 90.4 Å². The summed E-state index contributed by atoms with van der Waals surface area (Å²) in [4.78, 5) is 10.5. The van der Waals surface area contributed by atoms with Crippen LogP contribution in [-0.2, 0) is 18.0 Å². The summed E-state index contributed by atoms with van der Waals surface area (Å²) in [5, 5.41) is 10.9. The standard InChI is InChI=1S/C14H14BrN3O3/c15-12-6-2-1-4-10(12)8-21-9-11-5-3-7-13(18(19)20)14(11)17-16/h1-7,17H,8-9,16H2. The van der Waals surface area contributed by atoms with Gasteiger partial charge in [0.15, 0.2) is 0 Å². The van der Waals surface area contributed by atoms with Gasteiger partial charge in [0.2, 0.25) is 0 Å². The fourth-order valence-corrected chi connectivity index (χ4v) is 2.31. The average molecular weight is 352 g/mol. The Bertz CT molecular complexity index is 649. The molecule has 2 rings (SSSR count). The molecule has 7 heteroatoms. The van der Waals surface area contributed by atoms with Gasteiger partial charge in [-0.1, -0.05) is 46.3 Å². The number of halogens is 1. The highest BCUT2D eigenvalue weighted by Crippen LogP contribution is 2.28. The van der Waals surface area contributed by atoms with Crippen LogP contribution in [0.25, 0.3) is 0 Å². The number of nitrogens with zero attached hydrogens (tertiary/aromatic N) is 1. The number of anilines is 1. The van der Waals surface area contributed by atoms with E-state index in [4.69, 9.17) is 10.6 Å². The van der Waals surface area contributed by atoms with Crippen molar-refractivity contribution in [1.29, 1.82) is 0 Å². The van der Waals surface area contributed by atoms with E-state index in [1.807, 2.05) is 24.3 Å². The van der Waals surface area contributed by atoms with Crippen molar-refractivity contribution in [2.45, 2.75) is 13.2 Å². The fraction of sp³-hybridized carbons (Fsp3) is 0.143. The second-order valence-electron chi connectivity index (χ2n) is 4.30. The molecule has 0 atom stereocenters. The van der Waals surface area contributed by atoms with Gasteiger partial charge in [-0.3, -0.25) is 16.0 Å². The number of nitrogens with two attached hydrogens (primary N) is 1. The number of nitrogen functional groups attached to an aromatic ring is 1. The lowest BCUT2D eigenvalue weighted by molar-refractivity contribution is -0.384. The number of hydrogen-bond acceptors (Lipinski definition) is 5. The van der Waals surface area contributed by atoms with Crippen molar-refractivity contribution >= 4 is 27.3 Å². The summed E-state index contributed by atoms with van der Waals surface area (Å²) in [5.41, 5.74) is 4.22. The maximum Gasteiger partial charge on any atom is 0.294 e. The van der Waals surface area contributed by atoms with Gasteiger partial charge >= 0.3 is 0 Å². The molecule has 3 N–H and O–H groups in total. The monoisotopic (exact) mass is 351 g/mol. The van der Waals surface area contributed by atoms with Gasteiger partial charge in [-0.2, -0.15) is 0 Å². The van der Waals surface area contributed by atoms with Gasteiger partial charge in [-0.25, -0.2) is 0 Å². The van der Waals surface area contributed by atoms with Crippen molar-refractivity contribution in [3.8, 4) is 0 Å². The smallest absolute Gasteiger partial charge is 0.294 e. The Hall–Kier alpha value is -1.96. The number of rotatable bonds is 6. The summed E-state index contributed by atoms with van der Waals surface area (Å²) in [7, 11) is 0. The summed E-state index contributed by atoms with van der Waals surface area (Å²) in [5.74, 6) is 5.38. The Balaban J connectivity index is 2.08. The molecule has 0 radical (unpaired) electrons. The van der Waals surface area contributed by atoms with Crippen molar-refractivity contribution < 1.29 is 9.66 Å². The molecule has 0 saturated carbocycles. The second-order valence-corrected chi connectivity index (χ2v) is 5.15. The van der Waals surface area contributed by atoms with Crippen LogP contribution in [0.4, 0.5) is 11.4 Å². The fourth-order valence-electron chi connectivity index (χ4n) is 1.91. The predicted octanol–water partition coefficient (Wildman–Crippen LogP) is 3.36. The van der Waals surface area contributed by atoms with E-state index < -0.39 is 4.92 Å². The van der Waals surface area contributed by atoms with Gasteiger partial charge < -0.3 is 10.2 Å². The molecule has 110 valence electrons. The molecule has 0 unspecified atom stereocenters. The number of hydrogen-bond donors (Lipinski definition) is 2. The van der Waals surface area contributed by atoms with E-state index in [1.54, 1.807) is 12.1 Å². The Labute approximate surface area is 130 Å². The molecule has 0 amide bonds. The lowest BCUT2D eigenvalue weighted by Gasteiger charge is -2.10. The molecule has 2 aromatic rings. The second kappa shape index (κ2) is 7.16. The summed E-state index contributed by atoms with van der Waals surface area (Å²) in [6, 6.07) is 12.5. The van der Waals surface area contributed by atoms with Gasteiger partial charge in [0.1, 0.15) is 5.69 Å². The molecule has 0 aliphatic carbocycles. The molecule has 0 spiro atoms. The van der Waals surface area contributed by atoms with Crippen molar-refractivity contribution in [2.75, 3.05) is 5.43 Å².